The maximum absolute atomic E-state index is 12.9. The van der Waals surface area contributed by atoms with E-state index in [-0.39, 0.29) is 11.7 Å². The van der Waals surface area contributed by atoms with Crippen LogP contribution in [0.25, 0.3) is 17.1 Å². The Morgan fingerprint density at radius 3 is 2.23 bits per heavy atom. The maximum atomic E-state index is 12.9. The molecule has 4 aromatic rings. The summed E-state index contributed by atoms with van der Waals surface area (Å²) in [6, 6.07) is 21.1. The number of nitrogens with one attached hydrogen (secondary N) is 1. The van der Waals surface area contributed by atoms with E-state index < -0.39 is 0 Å². The number of nitrogens with zero attached hydrogens (tertiary/aromatic N) is 3. The van der Waals surface area contributed by atoms with E-state index in [4.69, 9.17) is 11.6 Å². The first kappa shape index (κ1) is 19.9. The molecule has 0 atom stereocenters. The van der Waals surface area contributed by atoms with Gasteiger partial charge in [-0.2, -0.15) is 0 Å². The highest BCUT2D eigenvalue weighted by Crippen LogP contribution is 2.24. The van der Waals surface area contributed by atoms with Crippen molar-refractivity contribution in [1.82, 2.24) is 14.8 Å². The molecule has 0 fully saturated rings. The maximum Gasteiger partial charge on any atom is 0.295 e. The molecule has 4 rings (SSSR count). The van der Waals surface area contributed by atoms with Crippen molar-refractivity contribution in [2.24, 2.45) is 0 Å². The van der Waals surface area contributed by atoms with Gasteiger partial charge in [-0.25, -0.2) is 9.67 Å². The van der Waals surface area contributed by atoms with Crippen LogP contribution in [-0.2, 0) is 0 Å². The summed E-state index contributed by atoms with van der Waals surface area (Å²) in [6.07, 6.45) is 0. The number of aryl methyl sites for hydroxylation is 3. The first-order chi connectivity index (χ1) is 14.4. The summed E-state index contributed by atoms with van der Waals surface area (Å²) in [4.78, 5) is 17.5. The van der Waals surface area contributed by atoms with E-state index in [1.165, 1.54) is 0 Å². The van der Waals surface area contributed by atoms with Gasteiger partial charge in [0.15, 0.2) is 5.82 Å². The zero-order chi connectivity index (χ0) is 21.3. The van der Waals surface area contributed by atoms with Crippen molar-refractivity contribution in [1.29, 1.82) is 0 Å². The van der Waals surface area contributed by atoms with Crippen molar-refractivity contribution in [2.75, 3.05) is 5.32 Å². The number of hydrogen-bond acceptors (Lipinski definition) is 3. The van der Waals surface area contributed by atoms with Crippen LogP contribution in [-0.4, -0.2) is 20.7 Å². The van der Waals surface area contributed by atoms with Gasteiger partial charge < -0.3 is 5.32 Å². The Morgan fingerprint density at radius 1 is 0.900 bits per heavy atom. The van der Waals surface area contributed by atoms with Crippen molar-refractivity contribution < 1.29 is 4.79 Å². The molecule has 3 aromatic carbocycles. The quantitative estimate of drug-likeness (QED) is 0.459. The van der Waals surface area contributed by atoms with Crippen LogP contribution < -0.4 is 5.32 Å². The molecule has 1 N–H and O–H groups in total. The minimum Gasteiger partial charge on any atom is -0.319 e. The largest absolute Gasteiger partial charge is 0.319 e. The Bertz CT molecular complexity index is 1150. The van der Waals surface area contributed by atoms with Gasteiger partial charge in [0.25, 0.3) is 5.91 Å². The minimum atomic E-state index is -0.358. The van der Waals surface area contributed by atoms with Gasteiger partial charge in [-0.1, -0.05) is 59.1 Å². The molecule has 0 aliphatic carbocycles. The number of rotatable bonds is 4. The third kappa shape index (κ3) is 4.11. The molecule has 5 nitrogen and oxygen atoms in total. The minimum absolute atomic E-state index is 0.0977. The normalized spacial score (nSPS) is 10.8. The molecule has 30 heavy (non-hydrogen) atoms. The van der Waals surface area contributed by atoms with Gasteiger partial charge >= 0.3 is 0 Å². The van der Waals surface area contributed by atoms with Crippen LogP contribution in [0.2, 0.25) is 5.02 Å². The second kappa shape index (κ2) is 8.13. The molecule has 6 heteroatoms. The molecule has 0 saturated heterocycles. The lowest BCUT2D eigenvalue weighted by Gasteiger charge is -2.07. The van der Waals surface area contributed by atoms with Crippen molar-refractivity contribution in [3.05, 3.63) is 94.3 Å². The molecule has 0 aliphatic rings. The van der Waals surface area contributed by atoms with E-state index in [0.717, 1.165) is 33.6 Å². The lowest BCUT2D eigenvalue weighted by molar-refractivity contribution is 0.101. The SMILES string of the molecule is Cc1ccc(-c2nc(C(=O)Nc3ccc(C)cc3C)nn2-c2ccc(Cl)cc2)cc1. The molecule has 0 radical (unpaired) electrons. The number of hydrogen-bond donors (Lipinski definition) is 1. The Morgan fingerprint density at radius 2 is 1.57 bits per heavy atom. The molecular formula is C24H21ClN4O. The first-order valence-corrected chi connectivity index (χ1v) is 9.97. The average Bonchev–Trinajstić information content (AvgIpc) is 3.17. The summed E-state index contributed by atoms with van der Waals surface area (Å²) >= 11 is 6.04. The highest BCUT2D eigenvalue weighted by Gasteiger charge is 2.19. The Balaban J connectivity index is 1.75. The zero-order valence-corrected chi connectivity index (χ0v) is 17.7. The van der Waals surface area contributed by atoms with E-state index in [0.29, 0.717) is 10.8 Å². The predicted octanol–water partition coefficient (Wildman–Crippen LogP) is 5.77. The second-order valence-electron chi connectivity index (χ2n) is 7.29. The number of benzene rings is 3. The summed E-state index contributed by atoms with van der Waals surface area (Å²) in [6.45, 7) is 6.00. The van der Waals surface area contributed by atoms with Crippen LogP contribution in [0.3, 0.4) is 0 Å². The van der Waals surface area contributed by atoms with Crippen LogP contribution in [0.4, 0.5) is 5.69 Å². The molecule has 0 saturated carbocycles. The van der Waals surface area contributed by atoms with Crippen molar-refractivity contribution in [2.45, 2.75) is 20.8 Å². The van der Waals surface area contributed by atoms with Gasteiger partial charge in [0.1, 0.15) is 0 Å². The van der Waals surface area contributed by atoms with E-state index in [9.17, 15) is 4.79 Å². The summed E-state index contributed by atoms with van der Waals surface area (Å²) < 4.78 is 1.66. The number of carbonyl (C=O) groups is 1. The summed E-state index contributed by atoms with van der Waals surface area (Å²) in [5.74, 6) is 0.326. The number of carbonyl (C=O) groups excluding carboxylic acids is 1. The topological polar surface area (TPSA) is 59.8 Å². The fourth-order valence-corrected chi connectivity index (χ4v) is 3.32. The molecule has 1 heterocycles. The van der Waals surface area contributed by atoms with Crippen molar-refractivity contribution >= 4 is 23.2 Å². The third-order valence-corrected chi connectivity index (χ3v) is 5.07. The van der Waals surface area contributed by atoms with E-state index in [1.54, 1.807) is 16.8 Å². The smallest absolute Gasteiger partial charge is 0.295 e. The molecule has 150 valence electrons. The number of aromatic nitrogens is 3. The monoisotopic (exact) mass is 416 g/mol. The number of anilines is 1. The summed E-state index contributed by atoms with van der Waals surface area (Å²) in [5, 5.41) is 8.05. The van der Waals surface area contributed by atoms with Crippen LogP contribution in [0.15, 0.2) is 66.7 Å². The molecular weight excluding hydrogens is 396 g/mol. The molecule has 0 unspecified atom stereocenters. The first-order valence-electron chi connectivity index (χ1n) is 9.59. The third-order valence-electron chi connectivity index (χ3n) is 4.82. The molecule has 1 aromatic heterocycles. The highest BCUT2D eigenvalue weighted by atomic mass is 35.5. The van der Waals surface area contributed by atoms with Gasteiger partial charge in [-0.05, 0) is 56.7 Å². The lowest BCUT2D eigenvalue weighted by atomic mass is 10.1. The van der Waals surface area contributed by atoms with Crippen LogP contribution >= 0.6 is 11.6 Å². The lowest BCUT2D eigenvalue weighted by Crippen LogP contribution is -2.15. The van der Waals surface area contributed by atoms with Crippen LogP contribution in [0.1, 0.15) is 27.3 Å². The molecule has 0 spiro atoms. The Labute approximate surface area is 180 Å². The van der Waals surface area contributed by atoms with Gasteiger partial charge in [-0.15, -0.1) is 5.10 Å². The van der Waals surface area contributed by atoms with Gasteiger partial charge in [0.05, 0.1) is 5.69 Å². The second-order valence-corrected chi connectivity index (χ2v) is 7.72. The van der Waals surface area contributed by atoms with Crippen LogP contribution in [0.5, 0.6) is 0 Å². The van der Waals surface area contributed by atoms with Gasteiger partial charge in [0, 0.05) is 16.3 Å². The van der Waals surface area contributed by atoms with E-state index >= 15 is 0 Å². The zero-order valence-electron chi connectivity index (χ0n) is 17.0. The Kier molecular flexibility index (Phi) is 5.38. The van der Waals surface area contributed by atoms with Crippen LogP contribution in [0, 0.1) is 20.8 Å². The van der Waals surface area contributed by atoms with Crippen molar-refractivity contribution in [3.8, 4) is 17.1 Å². The standard InChI is InChI=1S/C24H21ClN4O/c1-15-4-7-18(8-5-15)23-27-22(28-29(23)20-11-9-19(25)10-12-20)24(30)26-21-13-6-16(2)14-17(21)3/h4-14H,1-3H3,(H,26,30). The molecule has 1 amide bonds. The average molecular weight is 417 g/mol. The summed E-state index contributed by atoms with van der Waals surface area (Å²) in [5.41, 5.74) is 5.65. The number of halogens is 1. The van der Waals surface area contributed by atoms with Gasteiger partial charge in [0.2, 0.25) is 5.82 Å². The summed E-state index contributed by atoms with van der Waals surface area (Å²) in [7, 11) is 0. The predicted molar refractivity (Wildman–Crippen MR) is 120 cm³/mol. The highest BCUT2D eigenvalue weighted by molar-refractivity contribution is 6.30. The number of amides is 1. The van der Waals surface area contributed by atoms with E-state index in [1.807, 2.05) is 75.4 Å². The Hall–Kier alpha value is -3.44. The van der Waals surface area contributed by atoms with Gasteiger partial charge in [-0.3, -0.25) is 4.79 Å². The molecule has 0 aliphatic heterocycles. The fraction of sp³-hybridized carbons (Fsp3) is 0.125. The molecule has 0 bridgehead atoms. The van der Waals surface area contributed by atoms with Crippen molar-refractivity contribution in [3.63, 3.8) is 0 Å². The fourth-order valence-electron chi connectivity index (χ4n) is 3.19. The van der Waals surface area contributed by atoms with E-state index in [2.05, 4.69) is 15.4 Å².